The molecule has 0 aromatic heterocycles. The fourth-order valence-corrected chi connectivity index (χ4v) is 3.12. The summed E-state index contributed by atoms with van der Waals surface area (Å²) in [7, 11) is 0. The second-order valence-corrected chi connectivity index (χ2v) is 5.91. The number of nitrogens with one attached hydrogen (secondary N) is 1. The molecule has 0 spiro atoms. The van der Waals surface area contributed by atoms with E-state index in [-0.39, 0.29) is 5.91 Å². The van der Waals surface area contributed by atoms with E-state index < -0.39 is 0 Å². The Morgan fingerprint density at radius 2 is 1.68 bits per heavy atom. The summed E-state index contributed by atoms with van der Waals surface area (Å²) in [5, 5.41) is 5.32. The summed E-state index contributed by atoms with van der Waals surface area (Å²) in [6.45, 7) is 0. The molecule has 3 aromatic rings. The molecule has 3 aromatic carbocycles. The summed E-state index contributed by atoms with van der Waals surface area (Å²) < 4.78 is 0. The first-order valence-electron chi connectivity index (χ1n) is 7.17. The van der Waals surface area contributed by atoms with Gasteiger partial charge >= 0.3 is 0 Å². The highest BCUT2D eigenvalue weighted by molar-refractivity contribution is 7.98. The molecule has 0 aliphatic rings. The number of rotatable bonds is 4. The van der Waals surface area contributed by atoms with Gasteiger partial charge in [-0.15, -0.1) is 11.8 Å². The van der Waals surface area contributed by atoms with Crippen LogP contribution >= 0.6 is 11.8 Å². The van der Waals surface area contributed by atoms with Crippen molar-refractivity contribution in [1.29, 1.82) is 0 Å². The molecule has 2 nitrogen and oxygen atoms in total. The molecule has 0 atom stereocenters. The number of hydrogen-bond donors (Lipinski definition) is 1. The average molecular weight is 307 g/mol. The van der Waals surface area contributed by atoms with Crippen LogP contribution < -0.4 is 5.32 Å². The number of benzene rings is 3. The second-order valence-electron chi connectivity index (χ2n) is 5.06. The van der Waals surface area contributed by atoms with Gasteiger partial charge in [0.05, 0.1) is 12.1 Å². The highest BCUT2D eigenvalue weighted by Crippen LogP contribution is 2.25. The second kappa shape index (κ2) is 6.67. The first-order chi connectivity index (χ1) is 10.8. The molecule has 0 saturated carbocycles. The Labute approximate surface area is 134 Å². The maximum absolute atomic E-state index is 12.4. The Kier molecular flexibility index (Phi) is 4.45. The van der Waals surface area contributed by atoms with E-state index in [0.29, 0.717) is 6.42 Å². The summed E-state index contributed by atoms with van der Waals surface area (Å²) >= 11 is 1.63. The SMILES string of the molecule is CSc1ccccc1NC(=O)Cc1cccc2ccccc12. The van der Waals surface area contributed by atoms with Crippen molar-refractivity contribution in [2.24, 2.45) is 0 Å². The van der Waals surface area contributed by atoms with Gasteiger partial charge < -0.3 is 5.32 Å². The first kappa shape index (κ1) is 14.7. The van der Waals surface area contributed by atoms with Gasteiger partial charge in [0.25, 0.3) is 0 Å². The molecular weight excluding hydrogens is 290 g/mol. The predicted molar refractivity (Wildman–Crippen MR) is 94.5 cm³/mol. The number of thioether (sulfide) groups is 1. The Morgan fingerprint density at radius 3 is 2.55 bits per heavy atom. The van der Waals surface area contributed by atoms with Gasteiger partial charge in [0, 0.05) is 4.90 Å². The number of hydrogen-bond acceptors (Lipinski definition) is 2. The van der Waals surface area contributed by atoms with Crippen molar-refractivity contribution in [3.8, 4) is 0 Å². The Hall–Kier alpha value is -2.26. The van der Waals surface area contributed by atoms with Crippen LogP contribution in [0.15, 0.2) is 71.6 Å². The minimum Gasteiger partial charge on any atom is -0.325 e. The molecule has 22 heavy (non-hydrogen) atoms. The van der Waals surface area contributed by atoms with E-state index in [9.17, 15) is 4.79 Å². The molecule has 3 rings (SSSR count). The van der Waals surface area contributed by atoms with Gasteiger partial charge in [0.15, 0.2) is 0 Å². The first-order valence-corrected chi connectivity index (χ1v) is 8.40. The van der Waals surface area contributed by atoms with Gasteiger partial charge in [-0.3, -0.25) is 4.79 Å². The molecule has 110 valence electrons. The Balaban J connectivity index is 1.82. The zero-order valence-corrected chi connectivity index (χ0v) is 13.2. The van der Waals surface area contributed by atoms with Crippen molar-refractivity contribution in [1.82, 2.24) is 0 Å². The van der Waals surface area contributed by atoms with E-state index in [2.05, 4.69) is 23.5 Å². The summed E-state index contributed by atoms with van der Waals surface area (Å²) in [4.78, 5) is 13.5. The minimum atomic E-state index is 0.0119. The zero-order valence-electron chi connectivity index (χ0n) is 12.4. The van der Waals surface area contributed by atoms with E-state index >= 15 is 0 Å². The Bertz CT molecular complexity index is 808. The molecule has 0 aliphatic carbocycles. The third kappa shape index (κ3) is 3.15. The number of para-hydroxylation sites is 1. The van der Waals surface area contributed by atoms with E-state index in [0.717, 1.165) is 26.9 Å². The lowest BCUT2D eigenvalue weighted by atomic mass is 10.0. The van der Waals surface area contributed by atoms with Crippen LogP contribution in [0.4, 0.5) is 5.69 Å². The van der Waals surface area contributed by atoms with E-state index in [1.54, 1.807) is 11.8 Å². The average Bonchev–Trinajstić information content (AvgIpc) is 2.55. The van der Waals surface area contributed by atoms with Crippen molar-refractivity contribution in [2.75, 3.05) is 11.6 Å². The van der Waals surface area contributed by atoms with Gasteiger partial charge in [-0.1, -0.05) is 54.6 Å². The van der Waals surface area contributed by atoms with Crippen LogP contribution in [-0.2, 0) is 11.2 Å². The lowest BCUT2D eigenvalue weighted by Crippen LogP contribution is -2.15. The van der Waals surface area contributed by atoms with E-state index in [1.807, 2.05) is 54.8 Å². The van der Waals surface area contributed by atoms with Crippen molar-refractivity contribution < 1.29 is 4.79 Å². The standard InChI is InChI=1S/C19H17NOS/c1-22-18-12-5-4-11-17(18)20-19(21)13-15-9-6-8-14-7-2-3-10-16(14)15/h2-12H,13H2,1H3,(H,20,21). The van der Waals surface area contributed by atoms with Gasteiger partial charge in [-0.05, 0) is 34.7 Å². The number of fused-ring (bicyclic) bond motifs is 1. The van der Waals surface area contributed by atoms with Crippen LogP contribution in [-0.4, -0.2) is 12.2 Å². The molecule has 0 radical (unpaired) electrons. The fraction of sp³-hybridized carbons (Fsp3) is 0.105. The smallest absolute Gasteiger partial charge is 0.228 e. The van der Waals surface area contributed by atoms with Crippen LogP contribution in [0.5, 0.6) is 0 Å². The van der Waals surface area contributed by atoms with Crippen molar-refractivity contribution in [2.45, 2.75) is 11.3 Å². The molecule has 0 fully saturated rings. The third-order valence-electron chi connectivity index (χ3n) is 3.61. The normalized spacial score (nSPS) is 10.6. The minimum absolute atomic E-state index is 0.0119. The van der Waals surface area contributed by atoms with Crippen molar-refractivity contribution >= 4 is 34.1 Å². The number of amides is 1. The quantitative estimate of drug-likeness (QED) is 0.705. The van der Waals surface area contributed by atoms with Crippen molar-refractivity contribution in [3.05, 3.63) is 72.3 Å². The molecule has 0 aliphatic heterocycles. The Morgan fingerprint density at radius 1 is 0.955 bits per heavy atom. The molecule has 0 bridgehead atoms. The third-order valence-corrected chi connectivity index (χ3v) is 4.41. The monoisotopic (exact) mass is 307 g/mol. The van der Waals surface area contributed by atoms with Crippen LogP contribution in [0.2, 0.25) is 0 Å². The maximum Gasteiger partial charge on any atom is 0.228 e. The maximum atomic E-state index is 12.4. The topological polar surface area (TPSA) is 29.1 Å². The van der Waals surface area contributed by atoms with Crippen LogP contribution in [0.3, 0.4) is 0 Å². The summed E-state index contributed by atoms with van der Waals surface area (Å²) in [6, 6.07) is 22.1. The van der Waals surface area contributed by atoms with Crippen molar-refractivity contribution in [3.63, 3.8) is 0 Å². The lowest BCUT2D eigenvalue weighted by Gasteiger charge is -2.10. The van der Waals surface area contributed by atoms with Crippen LogP contribution in [0, 0.1) is 0 Å². The van der Waals surface area contributed by atoms with Crippen LogP contribution in [0.1, 0.15) is 5.56 Å². The molecular formula is C19H17NOS. The fourth-order valence-electron chi connectivity index (χ4n) is 2.56. The molecule has 0 heterocycles. The zero-order chi connectivity index (χ0) is 15.4. The molecule has 3 heteroatoms. The lowest BCUT2D eigenvalue weighted by molar-refractivity contribution is -0.115. The van der Waals surface area contributed by atoms with Gasteiger partial charge in [-0.2, -0.15) is 0 Å². The van der Waals surface area contributed by atoms with E-state index in [1.165, 1.54) is 0 Å². The number of carbonyl (C=O) groups excluding carboxylic acids is 1. The molecule has 1 amide bonds. The largest absolute Gasteiger partial charge is 0.325 e. The number of carbonyl (C=O) groups is 1. The molecule has 0 saturated heterocycles. The van der Waals surface area contributed by atoms with Gasteiger partial charge in [-0.25, -0.2) is 0 Å². The molecule has 0 unspecified atom stereocenters. The van der Waals surface area contributed by atoms with Gasteiger partial charge in [0.1, 0.15) is 0 Å². The highest BCUT2D eigenvalue weighted by atomic mass is 32.2. The highest BCUT2D eigenvalue weighted by Gasteiger charge is 2.09. The van der Waals surface area contributed by atoms with Crippen LogP contribution in [0.25, 0.3) is 10.8 Å². The van der Waals surface area contributed by atoms with Gasteiger partial charge in [0.2, 0.25) is 5.91 Å². The summed E-state index contributed by atoms with van der Waals surface area (Å²) in [5.74, 6) is 0.0119. The van der Waals surface area contributed by atoms with E-state index in [4.69, 9.17) is 0 Å². The summed E-state index contributed by atoms with van der Waals surface area (Å²) in [5.41, 5.74) is 1.93. The molecule has 1 N–H and O–H groups in total. The predicted octanol–water partition coefficient (Wildman–Crippen LogP) is 4.74. The summed E-state index contributed by atoms with van der Waals surface area (Å²) in [6.07, 6.45) is 2.39. The number of anilines is 1.